The van der Waals surface area contributed by atoms with Crippen LogP contribution in [0.2, 0.25) is 0 Å². The third-order valence-electron chi connectivity index (χ3n) is 0.699. The predicted octanol–water partition coefficient (Wildman–Crippen LogP) is 0.323. The lowest BCUT2D eigenvalue weighted by molar-refractivity contribution is 0.142. The van der Waals surface area contributed by atoms with Crippen LogP contribution in [0.15, 0.2) is 22.7 Å². The molecule has 0 aromatic rings. The third kappa shape index (κ3) is 1.15. The number of carboxylic acid groups (broad SMARTS) is 1. The summed E-state index contributed by atoms with van der Waals surface area (Å²) in [4.78, 5) is 10.1. The van der Waals surface area contributed by atoms with E-state index in [9.17, 15) is 4.79 Å². The van der Waals surface area contributed by atoms with E-state index < -0.39 is 6.09 Å². The molecular formula is C3H4N4O2. The van der Waals surface area contributed by atoms with Gasteiger partial charge in [-0.05, 0) is 0 Å². The van der Waals surface area contributed by atoms with Gasteiger partial charge in [-0.3, -0.25) is 0 Å². The second-order valence-electron chi connectivity index (χ2n) is 1.27. The summed E-state index contributed by atoms with van der Waals surface area (Å²) in [5.74, 6) is 0. The van der Waals surface area contributed by atoms with Crippen molar-refractivity contribution in [2.24, 2.45) is 10.3 Å². The van der Waals surface area contributed by atoms with Gasteiger partial charge in [0.25, 0.3) is 0 Å². The second kappa shape index (κ2) is 2.12. The summed E-state index contributed by atoms with van der Waals surface area (Å²) in [5.41, 5.74) is 2.12. The highest BCUT2D eigenvalue weighted by molar-refractivity contribution is 5.65. The molecule has 0 spiro atoms. The number of carbonyl (C=O) groups is 1. The zero-order valence-electron chi connectivity index (χ0n) is 4.35. The van der Waals surface area contributed by atoms with Crippen LogP contribution in [0.25, 0.3) is 0 Å². The molecule has 0 aromatic carbocycles. The van der Waals surface area contributed by atoms with Crippen LogP contribution in [-0.2, 0) is 0 Å². The molecular weight excluding hydrogens is 124 g/mol. The summed E-state index contributed by atoms with van der Waals surface area (Å²) in [6, 6.07) is 0. The van der Waals surface area contributed by atoms with Crippen molar-refractivity contribution in [1.29, 1.82) is 0 Å². The molecule has 0 aromatic heterocycles. The zero-order valence-corrected chi connectivity index (χ0v) is 4.35. The number of nitrogens with zero attached hydrogens (tertiary/aromatic N) is 3. The number of hydrogen-bond donors (Lipinski definition) is 2. The average molecular weight is 128 g/mol. The zero-order chi connectivity index (χ0) is 6.69. The molecule has 0 atom stereocenters. The third-order valence-corrected chi connectivity index (χ3v) is 0.699. The van der Waals surface area contributed by atoms with Crippen molar-refractivity contribution in [3.63, 3.8) is 0 Å². The Bertz CT molecular complexity index is 175. The van der Waals surface area contributed by atoms with Gasteiger partial charge in [-0.15, -0.1) is 5.11 Å². The van der Waals surface area contributed by atoms with E-state index in [1.165, 1.54) is 12.4 Å². The first kappa shape index (κ1) is 5.54. The van der Waals surface area contributed by atoms with Crippen LogP contribution in [0, 0.1) is 0 Å². The van der Waals surface area contributed by atoms with Crippen LogP contribution >= 0.6 is 0 Å². The number of amides is 1. The smallest absolute Gasteiger partial charge is 0.431 e. The minimum Gasteiger partial charge on any atom is -0.463 e. The minimum absolute atomic E-state index is 0.785. The first-order valence-electron chi connectivity index (χ1n) is 2.15. The summed E-state index contributed by atoms with van der Waals surface area (Å²) in [6.07, 6.45) is 1.39. The molecule has 48 valence electrons. The summed E-state index contributed by atoms with van der Waals surface area (Å²) >= 11 is 0. The van der Waals surface area contributed by atoms with Crippen LogP contribution in [0.1, 0.15) is 0 Å². The van der Waals surface area contributed by atoms with E-state index in [0.717, 1.165) is 5.01 Å². The second-order valence-corrected chi connectivity index (χ2v) is 1.27. The van der Waals surface area contributed by atoms with Gasteiger partial charge in [0.15, 0.2) is 0 Å². The molecule has 6 nitrogen and oxygen atoms in total. The first-order valence-corrected chi connectivity index (χ1v) is 2.15. The normalized spacial score (nSPS) is 15.3. The van der Waals surface area contributed by atoms with E-state index in [1.807, 2.05) is 0 Å². The molecule has 0 unspecified atom stereocenters. The maximum atomic E-state index is 10.1. The molecule has 2 N–H and O–H groups in total. The van der Waals surface area contributed by atoms with E-state index in [-0.39, 0.29) is 0 Å². The molecule has 1 aliphatic heterocycles. The number of hydrazine groups is 1. The van der Waals surface area contributed by atoms with Crippen molar-refractivity contribution >= 4 is 6.09 Å². The Hall–Kier alpha value is -1.59. The highest BCUT2D eigenvalue weighted by Crippen LogP contribution is 1.91. The van der Waals surface area contributed by atoms with Gasteiger partial charge >= 0.3 is 6.09 Å². The lowest BCUT2D eigenvalue weighted by atomic mass is 10.8. The lowest BCUT2D eigenvalue weighted by Crippen LogP contribution is -2.34. The molecule has 1 heterocycles. The Morgan fingerprint density at radius 3 is 2.89 bits per heavy atom. The summed E-state index contributed by atoms with van der Waals surface area (Å²) < 4.78 is 0. The Balaban J connectivity index is 2.56. The van der Waals surface area contributed by atoms with Crippen LogP contribution in [-0.4, -0.2) is 16.2 Å². The van der Waals surface area contributed by atoms with Crippen LogP contribution < -0.4 is 5.53 Å². The van der Waals surface area contributed by atoms with Gasteiger partial charge in [-0.25, -0.2) is 4.79 Å². The van der Waals surface area contributed by atoms with Crippen molar-refractivity contribution in [2.75, 3.05) is 0 Å². The first-order chi connectivity index (χ1) is 4.30. The molecule has 0 saturated carbocycles. The molecule has 0 bridgehead atoms. The molecule has 1 amide bonds. The van der Waals surface area contributed by atoms with Crippen molar-refractivity contribution in [3.05, 3.63) is 12.4 Å². The Morgan fingerprint density at radius 2 is 2.56 bits per heavy atom. The molecule has 0 radical (unpaired) electrons. The standard InChI is InChI=1S/C3H4N4O2/c8-3(9)7-2-1-4-5-6-7/h1-2H,(H,4,6)(H,8,9). The Labute approximate surface area is 50.4 Å². The maximum Gasteiger partial charge on any atom is 0.431 e. The molecule has 0 aliphatic carbocycles. The highest BCUT2D eigenvalue weighted by Gasteiger charge is 2.06. The Kier molecular flexibility index (Phi) is 1.31. The molecule has 1 rings (SSSR count). The predicted molar refractivity (Wildman–Crippen MR) is 27.0 cm³/mol. The maximum absolute atomic E-state index is 10.1. The van der Waals surface area contributed by atoms with Crippen molar-refractivity contribution in [2.45, 2.75) is 0 Å². The van der Waals surface area contributed by atoms with Gasteiger partial charge in [0.05, 0.1) is 12.4 Å². The van der Waals surface area contributed by atoms with Gasteiger partial charge < -0.3 is 5.11 Å². The number of hydrogen-bond acceptors (Lipinski definition) is 4. The molecule has 9 heavy (non-hydrogen) atoms. The van der Waals surface area contributed by atoms with Gasteiger partial charge in [0, 0.05) is 0 Å². The highest BCUT2D eigenvalue weighted by atomic mass is 16.4. The SMILES string of the molecule is O=C(O)N1C=CN=NN1. The van der Waals surface area contributed by atoms with E-state index in [0.29, 0.717) is 0 Å². The van der Waals surface area contributed by atoms with Gasteiger partial charge in [-0.2, -0.15) is 10.5 Å². The molecule has 6 heteroatoms. The van der Waals surface area contributed by atoms with Crippen LogP contribution in [0.3, 0.4) is 0 Å². The van der Waals surface area contributed by atoms with E-state index in [4.69, 9.17) is 5.11 Å². The van der Waals surface area contributed by atoms with Crippen molar-refractivity contribution in [3.8, 4) is 0 Å². The number of nitrogens with one attached hydrogen (secondary N) is 1. The van der Waals surface area contributed by atoms with Gasteiger partial charge in [0.2, 0.25) is 0 Å². The van der Waals surface area contributed by atoms with Gasteiger partial charge in [0.1, 0.15) is 0 Å². The summed E-state index contributed by atoms with van der Waals surface area (Å²) in [6.45, 7) is 0. The fraction of sp³-hybridized carbons (Fsp3) is 0. The average Bonchev–Trinajstić information content (AvgIpc) is 1.90. The van der Waals surface area contributed by atoms with E-state index in [2.05, 4.69) is 15.9 Å². The monoisotopic (exact) mass is 128 g/mol. The van der Waals surface area contributed by atoms with Crippen molar-refractivity contribution < 1.29 is 9.90 Å². The fourth-order valence-electron chi connectivity index (χ4n) is 0.344. The van der Waals surface area contributed by atoms with Crippen molar-refractivity contribution in [1.82, 2.24) is 10.5 Å². The molecule has 0 fully saturated rings. The molecule has 0 saturated heterocycles. The topological polar surface area (TPSA) is 77.3 Å². The van der Waals surface area contributed by atoms with Crippen LogP contribution in [0.5, 0.6) is 0 Å². The van der Waals surface area contributed by atoms with E-state index >= 15 is 0 Å². The quantitative estimate of drug-likeness (QED) is 0.493. The van der Waals surface area contributed by atoms with Crippen LogP contribution in [0.4, 0.5) is 4.79 Å². The molecule has 1 aliphatic rings. The largest absolute Gasteiger partial charge is 0.463 e. The summed E-state index contributed by atoms with van der Waals surface area (Å²) in [5, 5.41) is 15.6. The van der Waals surface area contributed by atoms with Gasteiger partial charge in [-0.1, -0.05) is 5.22 Å². The minimum atomic E-state index is -1.12. The Morgan fingerprint density at radius 1 is 1.78 bits per heavy atom. The summed E-state index contributed by atoms with van der Waals surface area (Å²) in [7, 11) is 0. The number of rotatable bonds is 0. The fourth-order valence-corrected chi connectivity index (χ4v) is 0.344. The van der Waals surface area contributed by atoms with E-state index in [1.54, 1.807) is 0 Å². The lowest BCUT2D eigenvalue weighted by Gasteiger charge is -2.12.